The summed E-state index contributed by atoms with van der Waals surface area (Å²) < 4.78 is 5.46. The number of hydrogen-bond donors (Lipinski definition) is 1. The van der Waals surface area contributed by atoms with E-state index in [1.807, 2.05) is 73.7 Å². The molecule has 0 spiro atoms. The summed E-state index contributed by atoms with van der Waals surface area (Å²) in [6.45, 7) is 2.48. The van der Waals surface area contributed by atoms with Gasteiger partial charge in [-0.3, -0.25) is 4.79 Å². The molecule has 0 unspecified atom stereocenters. The maximum atomic E-state index is 12.1. The van der Waals surface area contributed by atoms with E-state index in [0.717, 1.165) is 38.1 Å². The van der Waals surface area contributed by atoms with Crippen LogP contribution in [0.1, 0.15) is 11.3 Å². The fraction of sp³-hybridized carbons (Fsp3) is 0.167. The third-order valence-electron chi connectivity index (χ3n) is 4.69. The Morgan fingerprint density at radius 2 is 1.81 bits per heavy atom. The first kappa shape index (κ1) is 22.0. The lowest BCUT2D eigenvalue weighted by atomic mass is 10.2. The van der Waals surface area contributed by atoms with Crippen molar-refractivity contribution in [1.82, 2.24) is 20.5 Å². The molecule has 0 saturated carbocycles. The summed E-state index contributed by atoms with van der Waals surface area (Å²) >= 11 is 2.92. The molecular weight excluding hydrogens is 440 g/mol. The molecule has 8 heteroatoms. The Morgan fingerprint density at radius 3 is 2.56 bits per heavy atom. The van der Waals surface area contributed by atoms with Crippen LogP contribution in [0, 0.1) is 6.92 Å². The van der Waals surface area contributed by atoms with Gasteiger partial charge in [-0.2, -0.15) is 0 Å². The molecule has 4 aromatic rings. The predicted molar refractivity (Wildman–Crippen MR) is 129 cm³/mol. The zero-order valence-electron chi connectivity index (χ0n) is 17.7. The van der Waals surface area contributed by atoms with E-state index in [2.05, 4.69) is 15.5 Å². The number of thiazole rings is 1. The van der Waals surface area contributed by atoms with E-state index >= 15 is 0 Å². The van der Waals surface area contributed by atoms with E-state index in [1.165, 1.54) is 11.8 Å². The van der Waals surface area contributed by atoms with Crippen molar-refractivity contribution in [3.8, 4) is 26.9 Å². The molecule has 32 heavy (non-hydrogen) atoms. The molecule has 0 fully saturated rings. The second-order valence-corrected chi connectivity index (χ2v) is 8.94. The van der Waals surface area contributed by atoms with Crippen LogP contribution in [-0.4, -0.2) is 34.0 Å². The zero-order chi connectivity index (χ0) is 22.3. The Labute approximate surface area is 195 Å². The molecule has 1 amide bonds. The largest absolute Gasteiger partial charge is 0.496 e. The number of hydrogen-bond acceptors (Lipinski definition) is 7. The quantitative estimate of drug-likeness (QED) is 0.372. The number of aromatic nitrogens is 3. The predicted octanol–water partition coefficient (Wildman–Crippen LogP) is 4.99. The molecule has 162 valence electrons. The summed E-state index contributed by atoms with van der Waals surface area (Å²) in [6.07, 6.45) is 0. The third kappa shape index (κ3) is 5.33. The average Bonchev–Trinajstić information content (AvgIpc) is 3.23. The fourth-order valence-corrected chi connectivity index (χ4v) is 4.78. The van der Waals surface area contributed by atoms with Gasteiger partial charge in [0.2, 0.25) is 5.91 Å². The van der Waals surface area contributed by atoms with Gasteiger partial charge in [0.25, 0.3) is 0 Å². The third-order valence-corrected chi connectivity index (χ3v) is 6.82. The Bertz CT molecular complexity index is 1190. The van der Waals surface area contributed by atoms with Crippen molar-refractivity contribution >= 4 is 29.0 Å². The Morgan fingerprint density at radius 1 is 1.03 bits per heavy atom. The first-order chi connectivity index (χ1) is 15.6. The summed E-state index contributed by atoms with van der Waals surface area (Å²) in [5.41, 5.74) is 3.68. The van der Waals surface area contributed by atoms with Crippen molar-refractivity contribution in [2.75, 3.05) is 12.9 Å². The summed E-state index contributed by atoms with van der Waals surface area (Å²) in [6, 6.07) is 21.5. The highest BCUT2D eigenvalue weighted by atomic mass is 32.2. The van der Waals surface area contributed by atoms with Gasteiger partial charge in [-0.25, -0.2) is 4.98 Å². The van der Waals surface area contributed by atoms with Crippen LogP contribution in [0.4, 0.5) is 0 Å². The normalized spacial score (nSPS) is 10.7. The van der Waals surface area contributed by atoms with E-state index in [9.17, 15) is 4.79 Å². The molecule has 1 N–H and O–H groups in total. The number of amides is 1. The van der Waals surface area contributed by atoms with Crippen molar-refractivity contribution in [1.29, 1.82) is 0 Å². The van der Waals surface area contributed by atoms with Gasteiger partial charge in [0, 0.05) is 6.54 Å². The monoisotopic (exact) mass is 462 g/mol. The number of aryl methyl sites for hydroxylation is 1. The van der Waals surface area contributed by atoms with Crippen LogP contribution in [0.3, 0.4) is 0 Å². The molecule has 2 aromatic heterocycles. The summed E-state index contributed by atoms with van der Waals surface area (Å²) in [4.78, 5) is 17.8. The van der Waals surface area contributed by atoms with Crippen LogP contribution < -0.4 is 10.1 Å². The Hall–Kier alpha value is -3.23. The minimum absolute atomic E-state index is 0.0375. The topological polar surface area (TPSA) is 77.0 Å². The fourth-order valence-electron chi connectivity index (χ4n) is 3.08. The van der Waals surface area contributed by atoms with E-state index in [1.54, 1.807) is 18.4 Å². The molecule has 0 radical (unpaired) electrons. The van der Waals surface area contributed by atoms with Crippen molar-refractivity contribution in [2.24, 2.45) is 0 Å². The zero-order valence-corrected chi connectivity index (χ0v) is 19.4. The number of carbonyl (C=O) groups excluding carboxylic acids is 1. The van der Waals surface area contributed by atoms with Crippen LogP contribution >= 0.6 is 23.1 Å². The summed E-state index contributed by atoms with van der Waals surface area (Å²) in [7, 11) is 1.66. The molecular formula is C24H22N4O2S2. The molecule has 0 aliphatic rings. The molecule has 0 bridgehead atoms. The van der Waals surface area contributed by atoms with Gasteiger partial charge in [-0.05, 0) is 36.8 Å². The van der Waals surface area contributed by atoms with Crippen LogP contribution in [0.5, 0.6) is 5.75 Å². The molecule has 0 atom stereocenters. The lowest BCUT2D eigenvalue weighted by Gasteiger charge is -2.05. The second-order valence-electron chi connectivity index (χ2n) is 6.94. The molecule has 0 aliphatic carbocycles. The number of rotatable bonds is 8. The Kier molecular flexibility index (Phi) is 7.14. The van der Waals surface area contributed by atoms with Crippen LogP contribution in [0.2, 0.25) is 0 Å². The van der Waals surface area contributed by atoms with Gasteiger partial charge in [-0.15, -0.1) is 21.5 Å². The van der Waals surface area contributed by atoms with Crippen LogP contribution in [-0.2, 0) is 11.3 Å². The van der Waals surface area contributed by atoms with Gasteiger partial charge >= 0.3 is 0 Å². The van der Waals surface area contributed by atoms with Crippen molar-refractivity contribution in [2.45, 2.75) is 18.5 Å². The Balaban J connectivity index is 1.38. The van der Waals surface area contributed by atoms with Crippen molar-refractivity contribution in [3.63, 3.8) is 0 Å². The lowest BCUT2D eigenvalue weighted by molar-refractivity contribution is -0.118. The van der Waals surface area contributed by atoms with Gasteiger partial charge in [-0.1, -0.05) is 54.2 Å². The highest BCUT2D eigenvalue weighted by Gasteiger charge is 2.15. The second kappa shape index (κ2) is 10.4. The molecule has 0 aliphatic heterocycles. The molecule has 0 saturated heterocycles. The van der Waals surface area contributed by atoms with Gasteiger partial charge in [0.1, 0.15) is 21.5 Å². The number of ether oxygens (including phenoxy) is 1. The highest BCUT2D eigenvalue weighted by Crippen LogP contribution is 2.38. The number of thioether (sulfide) groups is 1. The van der Waals surface area contributed by atoms with Crippen LogP contribution in [0.15, 0.2) is 71.8 Å². The summed E-state index contributed by atoms with van der Waals surface area (Å²) in [5, 5.41) is 13.2. The molecule has 6 nitrogen and oxygen atoms in total. The van der Waals surface area contributed by atoms with Crippen molar-refractivity contribution < 1.29 is 9.53 Å². The van der Waals surface area contributed by atoms with Gasteiger partial charge in [0.05, 0.1) is 29.0 Å². The van der Waals surface area contributed by atoms with E-state index in [0.29, 0.717) is 17.3 Å². The standard InChI is InChI=1S/C24H22N4O2S2/c1-16-23(32-24(26-16)18-10-6-7-11-20(18)30-2)19-12-13-22(28-27-19)31-15-21(29)25-14-17-8-4-3-5-9-17/h3-13H,14-15H2,1-2H3,(H,25,29). The first-order valence-electron chi connectivity index (χ1n) is 10.0. The number of carbonyl (C=O) groups is 1. The lowest BCUT2D eigenvalue weighted by Crippen LogP contribution is -2.24. The summed E-state index contributed by atoms with van der Waals surface area (Å²) in [5.74, 6) is 1.04. The van der Waals surface area contributed by atoms with Crippen LogP contribution in [0.25, 0.3) is 21.1 Å². The molecule has 4 rings (SSSR count). The minimum Gasteiger partial charge on any atom is -0.496 e. The average molecular weight is 463 g/mol. The number of para-hydroxylation sites is 1. The number of benzene rings is 2. The first-order valence-corrected chi connectivity index (χ1v) is 11.8. The van der Waals surface area contributed by atoms with Gasteiger partial charge < -0.3 is 10.1 Å². The highest BCUT2D eigenvalue weighted by molar-refractivity contribution is 7.99. The van der Waals surface area contributed by atoms with Crippen molar-refractivity contribution in [3.05, 3.63) is 78.0 Å². The SMILES string of the molecule is COc1ccccc1-c1nc(C)c(-c2ccc(SCC(=O)NCc3ccccc3)nn2)s1. The van der Waals surface area contributed by atoms with E-state index in [-0.39, 0.29) is 5.91 Å². The number of nitrogens with zero attached hydrogens (tertiary/aromatic N) is 3. The van der Waals surface area contributed by atoms with Gasteiger partial charge in [0.15, 0.2) is 0 Å². The maximum absolute atomic E-state index is 12.1. The smallest absolute Gasteiger partial charge is 0.230 e. The number of nitrogens with one attached hydrogen (secondary N) is 1. The maximum Gasteiger partial charge on any atom is 0.230 e. The minimum atomic E-state index is -0.0375. The van der Waals surface area contributed by atoms with E-state index in [4.69, 9.17) is 9.72 Å². The number of methoxy groups -OCH3 is 1. The van der Waals surface area contributed by atoms with E-state index < -0.39 is 0 Å². The molecule has 2 heterocycles. The molecule has 2 aromatic carbocycles.